The molecule has 9 nitrogen and oxygen atoms in total. The number of thiazole rings is 1. The summed E-state index contributed by atoms with van der Waals surface area (Å²) in [6.07, 6.45) is 0.428. The lowest BCUT2D eigenvalue weighted by molar-refractivity contribution is 0.0428. The van der Waals surface area contributed by atoms with E-state index in [0.29, 0.717) is 28.4 Å². The molecule has 0 saturated carbocycles. The molecule has 1 atom stereocenters. The third kappa shape index (κ3) is 6.10. The Morgan fingerprint density at radius 2 is 1.78 bits per heavy atom. The lowest BCUT2D eigenvalue weighted by Crippen LogP contribution is -2.44. The summed E-state index contributed by atoms with van der Waals surface area (Å²) in [5.74, 6) is -1.08. The number of aromatic nitrogens is 1. The van der Waals surface area contributed by atoms with Crippen LogP contribution in [0.3, 0.4) is 0 Å². The van der Waals surface area contributed by atoms with Gasteiger partial charge in [0.2, 0.25) is 0 Å². The minimum Gasteiger partial charge on any atom is -0.443 e. The van der Waals surface area contributed by atoms with Crippen LogP contribution in [0, 0.1) is 5.82 Å². The summed E-state index contributed by atoms with van der Waals surface area (Å²) in [5, 5.41) is 4.31. The fourth-order valence-electron chi connectivity index (χ4n) is 4.17. The second-order valence-electron chi connectivity index (χ2n) is 11.1. The van der Waals surface area contributed by atoms with Gasteiger partial charge in [0.05, 0.1) is 17.4 Å². The van der Waals surface area contributed by atoms with E-state index in [2.05, 4.69) is 5.32 Å². The third-order valence-corrected chi connectivity index (χ3v) is 6.92. The standard InChI is InChI=1S/C26H33FN4O5S/c1-25(2,3)35-23(33)31(24(34)36-26(4,5)6)19-14-15(9-10-16(19)27)30-13-11-17-20(22(30)32)37-21(29-17)18-8-7-12-28-18/h9-10,14,18,28H,7-8,11-13H2,1-6H3. The molecule has 0 radical (unpaired) electrons. The first kappa shape index (κ1) is 27.0. The fourth-order valence-corrected chi connectivity index (χ4v) is 5.34. The van der Waals surface area contributed by atoms with Gasteiger partial charge in [-0.1, -0.05) is 0 Å². The largest absolute Gasteiger partial charge is 0.443 e. The Kier molecular flexibility index (Phi) is 7.31. The van der Waals surface area contributed by atoms with Crippen molar-refractivity contribution in [3.8, 4) is 0 Å². The zero-order valence-electron chi connectivity index (χ0n) is 22.0. The Balaban J connectivity index is 1.67. The van der Waals surface area contributed by atoms with Crippen molar-refractivity contribution < 1.29 is 28.2 Å². The first-order chi connectivity index (χ1) is 17.2. The minimum atomic E-state index is -1.08. The van der Waals surface area contributed by atoms with Crippen molar-refractivity contribution in [2.45, 2.75) is 78.0 Å². The predicted octanol–water partition coefficient (Wildman–Crippen LogP) is 5.59. The number of carbonyl (C=O) groups is 3. The van der Waals surface area contributed by atoms with Crippen LogP contribution in [-0.2, 0) is 15.9 Å². The van der Waals surface area contributed by atoms with Crippen molar-refractivity contribution in [2.24, 2.45) is 0 Å². The van der Waals surface area contributed by atoms with Crippen LogP contribution < -0.4 is 15.1 Å². The maximum Gasteiger partial charge on any atom is 0.424 e. The Morgan fingerprint density at radius 3 is 2.35 bits per heavy atom. The van der Waals surface area contributed by atoms with Gasteiger partial charge in [-0.2, -0.15) is 4.90 Å². The number of ether oxygens (including phenoxy) is 2. The van der Waals surface area contributed by atoms with Gasteiger partial charge in [-0.15, -0.1) is 11.3 Å². The molecule has 1 fully saturated rings. The highest BCUT2D eigenvalue weighted by Gasteiger charge is 2.36. The van der Waals surface area contributed by atoms with E-state index in [-0.39, 0.29) is 17.6 Å². The minimum absolute atomic E-state index is 0.158. The molecule has 0 aliphatic carbocycles. The summed E-state index contributed by atoms with van der Waals surface area (Å²) >= 11 is 1.38. The van der Waals surface area contributed by atoms with Crippen molar-refractivity contribution in [3.63, 3.8) is 0 Å². The van der Waals surface area contributed by atoms with Crippen LogP contribution in [-0.4, -0.2) is 47.4 Å². The fraction of sp³-hybridized carbons (Fsp3) is 0.538. The molecule has 4 rings (SSSR count). The van der Waals surface area contributed by atoms with Crippen LogP contribution in [0.5, 0.6) is 0 Å². The monoisotopic (exact) mass is 532 g/mol. The number of hydrogen-bond acceptors (Lipinski definition) is 8. The number of benzene rings is 1. The molecule has 1 aromatic heterocycles. The normalized spacial score (nSPS) is 18.0. The van der Waals surface area contributed by atoms with Gasteiger partial charge in [-0.05, 0) is 79.1 Å². The van der Waals surface area contributed by atoms with Crippen molar-refractivity contribution >= 4 is 40.8 Å². The number of amides is 3. The Morgan fingerprint density at radius 1 is 1.14 bits per heavy atom. The van der Waals surface area contributed by atoms with Gasteiger partial charge in [0.1, 0.15) is 26.9 Å². The second kappa shape index (κ2) is 10.0. The highest BCUT2D eigenvalue weighted by molar-refractivity contribution is 7.14. The Hall–Kier alpha value is -3.05. The molecule has 2 aliphatic rings. The molecule has 2 aromatic rings. The van der Waals surface area contributed by atoms with Gasteiger partial charge in [0.15, 0.2) is 0 Å². The highest BCUT2D eigenvalue weighted by atomic mass is 32.1. The molecule has 0 spiro atoms. The number of rotatable bonds is 3. The molecule has 200 valence electrons. The van der Waals surface area contributed by atoms with Gasteiger partial charge in [0.25, 0.3) is 5.91 Å². The molecule has 11 heteroatoms. The first-order valence-electron chi connectivity index (χ1n) is 12.3. The molecule has 1 saturated heterocycles. The van der Waals surface area contributed by atoms with E-state index in [9.17, 15) is 14.4 Å². The number of anilines is 2. The van der Waals surface area contributed by atoms with Crippen LogP contribution in [0.2, 0.25) is 0 Å². The molecule has 1 aromatic carbocycles. The smallest absolute Gasteiger partial charge is 0.424 e. The number of fused-ring (bicyclic) bond motifs is 1. The van der Waals surface area contributed by atoms with Crippen LogP contribution in [0.25, 0.3) is 0 Å². The summed E-state index contributed by atoms with van der Waals surface area (Å²) in [4.78, 5) is 46.8. The zero-order chi connectivity index (χ0) is 27.1. The van der Waals surface area contributed by atoms with Gasteiger partial charge >= 0.3 is 12.2 Å². The average molecular weight is 533 g/mol. The topological polar surface area (TPSA) is 101 Å². The van der Waals surface area contributed by atoms with Crippen molar-refractivity contribution in [1.29, 1.82) is 0 Å². The third-order valence-electron chi connectivity index (χ3n) is 5.72. The average Bonchev–Trinajstić information content (AvgIpc) is 3.43. The molecular weight excluding hydrogens is 499 g/mol. The number of nitrogens with one attached hydrogen (secondary N) is 1. The number of carbonyl (C=O) groups excluding carboxylic acids is 3. The van der Waals surface area contributed by atoms with E-state index in [0.717, 1.165) is 36.2 Å². The SMILES string of the molecule is CC(C)(C)OC(=O)N(C(=O)OC(C)(C)C)c1cc(N2CCc3nc(C4CCCN4)sc3C2=O)ccc1F. The lowest BCUT2D eigenvalue weighted by atomic mass is 10.1. The van der Waals surface area contributed by atoms with Crippen LogP contribution >= 0.6 is 11.3 Å². The summed E-state index contributed by atoms with van der Waals surface area (Å²) < 4.78 is 25.9. The zero-order valence-corrected chi connectivity index (χ0v) is 22.8. The lowest BCUT2D eigenvalue weighted by Gasteiger charge is -2.30. The molecule has 3 amide bonds. The number of halogens is 1. The van der Waals surface area contributed by atoms with E-state index in [1.165, 1.54) is 28.4 Å². The molecule has 3 heterocycles. The van der Waals surface area contributed by atoms with Crippen molar-refractivity contribution in [3.05, 3.63) is 39.6 Å². The summed E-state index contributed by atoms with van der Waals surface area (Å²) in [6, 6.07) is 4.03. The van der Waals surface area contributed by atoms with Gasteiger partial charge < -0.3 is 19.7 Å². The quantitative estimate of drug-likeness (QED) is 0.550. The van der Waals surface area contributed by atoms with E-state index in [1.807, 2.05) is 0 Å². The first-order valence-corrected chi connectivity index (χ1v) is 13.2. The number of hydrogen-bond donors (Lipinski definition) is 1. The van der Waals surface area contributed by atoms with Crippen LogP contribution in [0.15, 0.2) is 18.2 Å². The molecule has 37 heavy (non-hydrogen) atoms. The highest BCUT2D eigenvalue weighted by Crippen LogP contribution is 2.35. The summed E-state index contributed by atoms with van der Waals surface area (Å²) in [6.45, 7) is 11.1. The van der Waals surface area contributed by atoms with E-state index in [4.69, 9.17) is 14.5 Å². The van der Waals surface area contributed by atoms with E-state index < -0.39 is 29.2 Å². The van der Waals surface area contributed by atoms with Crippen LogP contribution in [0.1, 0.15) is 80.8 Å². The van der Waals surface area contributed by atoms with Gasteiger partial charge in [-0.3, -0.25) is 4.79 Å². The molecule has 0 bridgehead atoms. The summed E-state index contributed by atoms with van der Waals surface area (Å²) in [5.41, 5.74) is -1.13. The Labute approximate surface area is 219 Å². The van der Waals surface area contributed by atoms with E-state index >= 15 is 4.39 Å². The number of imide groups is 1. The second-order valence-corrected chi connectivity index (χ2v) is 12.1. The molecule has 1 N–H and O–H groups in total. The van der Waals surface area contributed by atoms with Crippen molar-refractivity contribution in [1.82, 2.24) is 10.3 Å². The number of nitrogens with zero attached hydrogens (tertiary/aromatic N) is 3. The van der Waals surface area contributed by atoms with Gasteiger partial charge in [-0.25, -0.2) is 19.0 Å². The van der Waals surface area contributed by atoms with Crippen LogP contribution in [0.4, 0.5) is 25.4 Å². The Bertz CT molecular complexity index is 1180. The molecule has 2 aliphatic heterocycles. The molecular formula is C26H33FN4O5S. The van der Waals surface area contributed by atoms with Gasteiger partial charge in [0, 0.05) is 18.7 Å². The molecule has 1 unspecified atom stereocenters. The predicted molar refractivity (Wildman–Crippen MR) is 139 cm³/mol. The van der Waals surface area contributed by atoms with Crippen molar-refractivity contribution in [2.75, 3.05) is 22.9 Å². The summed E-state index contributed by atoms with van der Waals surface area (Å²) in [7, 11) is 0. The van der Waals surface area contributed by atoms with E-state index in [1.54, 1.807) is 41.5 Å². The maximum atomic E-state index is 15.1. The maximum absolute atomic E-state index is 15.1.